The predicted octanol–water partition coefficient (Wildman–Crippen LogP) is 2.56. The number of nitrogens with zero attached hydrogens (tertiary/aromatic N) is 3. The minimum atomic E-state index is -0.0104. The molecule has 2 rings (SSSR count). The molecule has 0 aromatic carbocycles. The van der Waals surface area contributed by atoms with Gasteiger partial charge in [-0.05, 0) is 34.5 Å². The number of hydrogen-bond acceptors (Lipinski definition) is 4. The van der Waals surface area contributed by atoms with Crippen LogP contribution in [0.2, 0.25) is 0 Å². The van der Waals surface area contributed by atoms with Crippen LogP contribution in [0.25, 0.3) is 0 Å². The molecule has 0 bridgehead atoms. The van der Waals surface area contributed by atoms with E-state index >= 15 is 0 Å². The van der Waals surface area contributed by atoms with Crippen LogP contribution in [-0.2, 0) is 6.54 Å². The van der Waals surface area contributed by atoms with Gasteiger partial charge in [0.05, 0.1) is 28.3 Å². The van der Waals surface area contributed by atoms with Crippen molar-refractivity contribution in [1.82, 2.24) is 15.0 Å². The molecule has 0 spiro atoms. The highest BCUT2D eigenvalue weighted by atomic mass is 79.9. The molecular weight excluding hydrogens is 288 g/mol. The van der Waals surface area contributed by atoms with Crippen molar-refractivity contribution in [2.75, 3.05) is 0 Å². The van der Waals surface area contributed by atoms with Crippen molar-refractivity contribution in [3.05, 3.63) is 32.7 Å². The molecule has 0 saturated heterocycles. The van der Waals surface area contributed by atoms with Crippen molar-refractivity contribution in [2.24, 2.45) is 5.73 Å². The third-order valence-electron chi connectivity index (χ3n) is 2.32. The molecule has 0 aliphatic rings. The van der Waals surface area contributed by atoms with E-state index in [0.29, 0.717) is 0 Å². The maximum atomic E-state index is 5.88. The van der Waals surface area contributed by atoms with Crippen LogP contribution in [0.15, 0.2) is 22.1 Å². The topological polar surface area (TPSA) is 56.7 Å². The first kappa shape index (κ1) is 11.8. The van der Waals surface area contributed by atoms with Gasteiger partial charge in [0, 0.05) is 4.88 Å². The second-order valence-corrected chi connectivity index (χ2v) is 6.11. The molecule has 0 aliphatic carbocycles. The van der Waals surface area contributed by atoms with E-state index in [2.05, 4.69) is 32.3 Å². The zero-order valence-electron chi connectivity index (χ0n) is 8.93. The monoisotopic (exact) mass is 300 g/mol. The summed E-state index contributed by atoms with van der Waals surface area (Å²) in [5.41, 5.74) is 6.74. The van der Waals surface area contributed by atoms with Gasteiger partial charge in [0.1, 0.15) is 0 Å². The standard InChI is InChI=1S/C10H13BrN4S/c1-2-8(12)9-6-15(14-13-9)5-7-3-4-10(11)16-7/h3-4,6,8H,2,5,12H2,1H3. The van der Waals surface area contributed by atoms with Crippen LogP contribution in [0.4, 0.5) is 0 Å². The summed E-state index contributed by atoms with van der Waals surface area (Å²) in [5.74, 6) is 0. The van der Waals surface area contributed by atoms with Crippen LogP contribution in [-0.4, -0.2) is 15.0 Å². The van der Waals surface area contributed by atoms with Crippen LogP contribution >= 0.6 is 27.3 Å². The first-order valence-corrected chi connectivity index (χ1v) is 6.70. The first-order valence-electron chi connectivity index (χ1n) is 5.09. The summed E-state index contributed by atoms with van der Waals surface area (Å²) in [6.07, 6.45) is 2.80. The Balaban J connectivity index is 2.08. The smallest absolute Gasteiger partial charge is 0.0994 e. The Morgan fingerprint density at radius 2 is 2.38 bits per heavy atom. The lowest BCUT2D eigenvalue weighted by atomic mass is 10.2. The molecule has 4 nitrogen and oxygen atoms in total. The summed E-state index contributed by atoms with van der Waals surface area (Å²) in [5, 5.41) is 8.14. The van der Waals surface area contributed by atoms with Crippen LogP contribution in [0.5, 0.6) is 0 Å². The summed E-state index contributed by atoms with van der Waals surface area (Å²) in [6, 6.07) is 4.11. The maximum absolute atomic E-state index is 5.88. The van der Waals surface area contributed by atoms with E-state index in [4.69, 9.17) is 5.73 Å². The Bertz CT molecular complexity index is 465. The summed E-state index contributed by atoms with van der Waals surface area (Å²) in [4.78, 5) is 1.24. The lowest BCUT2D eigenvalue weighted by molar-refractivity contribution is 0.649. The number of rotatable bonds is 4. The van der Waals surface area contributed by atoms with Crippen molar-refractivity contribution in [3.63, 3.8) is 0 Å². The van der Waals surface area contributed by atoms with E-state index in [0.717, 1.165) is 22.4 Å². The van der Waals surface area contributed by atoms with Crippen LogP contribution in [0.1, 0.15) is 30.0 Å². The van der Waals surface area contributed by atoms with Crippen LogP contribution in [0.3, 0.4) is 0 Å². The zero-order valence-corrected chi connectivity index (χ0v) is 11.3. The number of hydrogen-bond donors (Lipinski definition) is 1. The quantitative estimate of drug-likeness (QED) is 0.944. The molecule has 1 atom stereocenters. The van der Waals surface area contributed by atoms with Gasteiger partial charge in [-0.1, -0.05) is 12.1 Å². The Morgan fingerprint density at radius 1 is 1.56 bits per heavy atom. The summed E-state index contributed by atoms with van der Waals surface area (Å²) >= 11 is 5.14. The summed E-state index contributed by atoms with van der Waals surface area (Å²) < 4.78 is 2.96. The van der Waals surface area contributed by atoms with Crippen LogP contribution in [0, 0.1) is 0 Å². The normalized spacial score (nSPS) is 12.9. The number of thiophene rings is 1. The molecule has 2 aromatic heterocycles. The molecular formula is C10H13BrN4S. The van der Waals surface area contributed by atoms with E-state index < -0.39 is 0 Å². The molecule has 2 heterocycles. The number of halogens is 1. The second kappa shape index (κ2) is 5.07. The molecule has 2 aromatic rings. The molecule has 1 unspecified atom stereocenters. The lowest BCUT2D eigenvalue weighted by Gasteiger charge is -2.01. The fourth-order valence-corrected chi connectivity index (χ4v) is 2.84. The van der Waals surface area contributed by atoms with E-state index in [1.165, 1.54) is 4.88 Å². The molecule has 86 valence electrons. The van der Waals surface area contributed by atoms with Gasteiger partial charge in [-0.15, -0.1) is 16.4 Å². The highest BCUT2D eigenvalue weighted by Gasteiger charge is 2.08. The van der Waals surface area contributed by atoms with Gasteiger partial charge < -0.3 is 5.73 Å². The predicted molar refractivity (Wildman–Crippen MR) is 68.4 cm³/mol. The Kier molecular flexibility index (Phi) is 3.73. The van der Waals surface area contributed by atoms with Gasteiger partial charge >= 0.3 is 0 Å². The number of aromatic nitrogens is 3. The number of nitrogens with two attached hydrogens (primary N) is 1. The minimum Gasteiger partial charge on any atom is -0.323 e. The van der Waals surface area contributed by atoms with Gasteiger partial charge in [0.25, 0.3) is 0 Å². The molecule has 0 amide bonds. The maximum Gasteiger partial charge on any atom is 0.0994 e. The largest absolute Gasteiger partial charge is 0.323 e. The van der Waals surface area contributed by atoms with Gasteiger partial charge in [-0.3, -0.25) is 0 Å². The van der Waals surface area contributed by atoms with Crippen molar-refractivity contribution in [3.8, 4) is 0 Å². The zero-order chi connectivity index (χ0) is 11.5. The average Bonchev–Trinajstić information content (AvgIpc) is 2.87. The van der Waals surface area contributed by atoms with Gasteiger partial charge in [0.15, 0.2) is 0 Å². The lowest BCUT2D eigenvalue weighted by Crippen LogP contribution is -2.08. The third kappa shape index (κ3) is 2.69. The second-order valence-electron chi connectivity index (χ2n) is 3.56. The van der Waals surface area contributed by atoms with E-state index in [1.54, 1.807) is 11.3 Å². The van der Waals surface area contributed by atoms with Gasteiger partial charge in [-0.2, -0.15) is 0 Å². The van der Waals surface area contributed by atoms with Crippen molar-refractivity contribution in [2.45, 2.75) is 25.9 Å². The third-order valence-corrected chi connectivity index (χ3v) is 3.93. The van der Waals surface area contributed by atoms with Crippen molar-refractivity contribution in [1.29, 1.82) is 0 Å². The highest BCUT2D eigenvalue weighted by Crippen LogP contribution is 2.22. The molecule has 0 fully saturated rings. The Morgan fingerprint density at radius 3 is 3.00 bits per heavy atom. The fourth-order valence-electron chi connectivity index (χ4n) is 1.37. The molecule has 0 saturated carbocycles. The van der Waals surface area contributed by atoms with Crippen LogP contribution < -0.4 is 5.73 Å². The van der Waals surface area contributed by atoms with E-state index in [1.807, 2.05) is 23.9 Å². The molecule has 16 heavy (non-hydrogen) atoms. The molecule has 6 heteroatoms. The molecule has 0 aliphatic heterocycles. The van der Waals surface area contributed by atoms with Crippen molar-refractivity contribution < 1.29 is 0 Å². The Hall–Kier alpha value is -0.720. The summed E-state index contributed by atoms with van der Waals surface area (Å²) in [7, 11) is 0. The van der Waals surface area contributed by atoms with E-state index in [9.17, 15) is 0 Å². The fraction of sp³-hybridized carbons (Fsp3) is 0.400. The summed E-state index contributed by atoms with van der Waals surface area (Å²) in [6.45, 7) is 2.79. The molecule has 0 radical (unpaired) electrons. The van der Waals surface area contributed by atoms with E-state index in [-0.39, 0.29) is 6.04 Å². The van der Waals surface area contributed by atoms with Crippen molar-refractivity contribution >= 4 is 27.3 Å². The van der Waals surface area contributed by atoms with Gasteiger partial charge in [-0.25, -0.2) is 4.68 Å². The average molecular weight is 301 g/mol. The Labute approximate surface area is 107 Å². The van der Waals surface area contributed by atoms with Gasteiger partial charge in [0.2, 0.25) is 0 Å². The molecule has 2 N–H and O–H groups in total. The first-order chi connectivity index (χ1) is 7.69. The highest BCUT2D eigenvalue weighted by molar-refractivity contribution is 9.11. The SMILES string of the molecule is CCC(N)c1cn(Cc2ccc(Br)s2)nn1. The minimum absolute atomic E-state index is 0.0104.